The zero-order chi connectivity index (χ0) is 16.5. The summed E-state index contributed by atoms with van der Waals surface area (Å²) >= 11 is 0. The van der Waals surface area contributed by atoms with Gasteiger partial charge in [-0.15, -0.1) is 0 Å². The Labute approximate surface area is 129 Å². The molecule has 0 radical (unpaired) electrons. The number of furan rings is 1. The number of benzene rings is 1. The van der Waals surface area contributed by atoms with Crippen molar-refractivity contribution in [3.05, 3.63) is 29.5 Å². The summed E-state index contributed by atoms with van der Waals surface area (Å²) in [5, 5.41) is 3.65. The van der Waals surface area contributed by atoms with Crippen LogP contribution < -0.4 is 5.32 Å². The summed E-state index contributed by atoms with van der Waals surface area (Å²) in [5.41, 5.74) is 1.50. The molecule has 1 heterocycles. The van der Waals surface area contributed by atoms with E-state index in [0.717, 1.165) is 5.39 Å². The van der Waals surface area contributed by atoms with E-state index >= 15 is 0 Å². The highest BCUT2D eigenvalue weighted by Crippen LogP contribution is 2.29. The third kappa shape index (κ3) is 3.13. The van der Waals surface area contributed by atoms with Crippen LogP contribution in [-0.2, 0) is 9.53 Å². The third-order valence-electron chi connectivity index (χ3n) is 3.34. The average Bonchev–Trinajstić information content (AvgIpc) is 2.75. The monoisotopic (exact) mass is 303 g/mol. The van der Waals surface area contributed by atoms with Crippen LogP contribution in [0.15, 0.2) is 22.6 Å². The van der Waals surface area contributed by atoms with Crippen LogP contribution >= 0.6 is 0 Å². The lowest BCUT2D eigenvalue weighted by Gasteiger charge is -2.17. The van der Waals surface area contributed by atoms with E-state index in [-0.39, 0.29) is 11.7 Å². The molecule has 118 valence electrons. The van der Waals surface area contributed by atoms with Gasteiger partial charge in [-0.05, 0) is 32.0 Å². The summed E-state index contributed by atoms with van der Waals surface area (Å²) in [6.07, 6.45) is 0. The minimum absolute atomic E-state index is 0.0707. The van der Waals surface area contributed by atoms with E-state index in [1.54, 1.807) is 32.0 Å². The first-order valence-corrected chi connectivity index (χ1v) is 7.25. The van der Waals surface area contributed by atoms with Crippen molar-refractivity contribution < 1.29 is 18.7 Å². The van der Waals surface area contributed by atoms with Crippen molar-refractivity contribution in [2.24, 2.45) is 5.41 Å². The van der Waals surface area contributed by atoms with Crippen molar-refractivity contribution in [3.63, 3.8) is 0 Å². The minimum Gasteiger partial charge on any atom is -0.460 e. The van der Waals surface area contributed by atoms with Crippen LogP contribution in [0.3, 0.4) is 0 Å². The van der Waals surface area contributed by atoms with Gasteiger partial charge < -0.3 is 14.5 Å². The Kier molecular flexibility index (Phi) is 4.26. The summed E-state index contributed by atoms with van der Waals surface area (Å²) < 4.78 is 10.5. The van der Waals surface area contributed by atoms with E-state index in [2.05, 4.69) is 5.32 Å². The van der Waals surface area contributed by atoms with Crippen LogP contribution in [0, 0.1) is 12.3 Å². The Morgan fingerprint density at radius 1 is 1.27 bits per heavy atom. The van der Waals surface area contributed by atoms with Gasteiger partial charge in [0.2, 0.25) is 11.7 Å². The number of esters is 1. The van der Waals surface area contributed by atoms with E-state index in [1.165, 1.54) is 0 Å². The van der Waals surface area contributed by atoms with Crippen molar-refractivity contribution in [3.8, 4) is 0 Å². The van der Waals surface area contributed by atoms with Gasteiger partial charge in [-0.3, -0.25) is 4.79 Å². The fourth-order valence-corrected chi connectivity index (χ4v) is 2.01. The maximum Gasteiger partial charge on any atom is 0.374 e. The van der Waals surface area contributed by atoms with Crippen molar-refractivity contribution >= 4 is 28.5 Å². The molecule has 5 heteroatoms. The second-order valence-corrected chi connectivity index (χ2v) is 6.19. The number of aryl methyl sites for hydroxylation is 1. The number of carbonyl (C=O) groups excluding carboxylic acids is 2. The molecule has 0 fully saturated rings. The molecule has 0 aliphatic carbocycles. The molecule has 0 unspecified atom stereocenters. The van der Waals surface area contributed by atoms with Crippen molar-refractivity contribution in [2.75, 3.05) is 11.9 Å². The van der Waals surface area contributed by atoms with E-state index in [0.29, 0.717) is 23.4 Å². The molecule has 0 spiro atoms. The number of ether oxygens (including phenoxy) is 1. The summed E-state index contributed by atoms with van der Waals surface area (Å²) in [6, 6.07) is 5.30. The van der Waals surface area contributed by atoms with Gasteiger partial charge in [-0.25, -0.2) is 4.79 Å². The first-order chi connectivity index (χ1) is 10.2. The normalized spacial score (nSPS) is 11.5. The van der Waals surface area contributed by atoms with Gasteiger partial charge in [0.15, 0.2) is 0 Å². The molecule has 0 atom stereocenters. The molecular formula is C17H21NO4. The van der Waals surface area contributed by atoms with Gasteiger partial charge in [0.05, 0.1) is 6.61 Å². The van der Waals surface area contributed by atoms with Crippen LogP contribution in [0.5, 0.6) is 0 Å². The van der Waals surface area contributed by atoms with Crippen molar-refractivity contribution in [1.29, 1.82) is 0 Å². The minimum atomic E-state index is -0.476. The zero-order valence-corrected chi connectivity index (χ0v) is 13.6. The Morgan fingerprint density at radius 3 is 2.55 bits per heavy atom. The lowest BCUT2D eigenvalue weighted by atomic mass is 9.95. The van der Waals surface area contributed by atoms with Crippen molar-refractivity contribution in [2.45, 2.75) is 34.6 Å². The molecule has 22 heavy (non-hydrogen) atoms. The van der Waals surface area contributed by atoms with Gasteiger partial charge in [0.1, 0.15) is 5.58 Å². The standard InChI is InChI=1S/C17H21NO4/c1-6-21-15(19)14-10(2)12-9-11(7-8-13(12)22-14)18-16(20)17(3,4)5/h7-9H,6H2,1-5H3,(H,18,20). The highest BCUT2D eigenvalue weighted by molar-refractivity contribution is 5.99. The maximum atomic E-state index is 12.0. The fourth-order valence-electron chi connectivity index (χ4n) is 2.01. The van der Waals surface area contributed by atoms with Crippen LogP contribution in [0.1, 0.15) is 43.8 Å². The molecule has 2 rings (SSSR count). The molecule has 1 aromatic heterocycles. The quantitative estimate of drug-likeness (QED) is 0.873. The molecular weight excluding hydrogens is 282 g/mol. The number of anilines is 1. The predicted molar refractivity (Wildman–Crippen MR) is 85.0 cm³/mol. The maximum absolute atomic E-state index is 12.0. The van der Waals surface area contributed by atoms with E-state index in [4.69, 9.17) is 9.15 Å². The van der Waals surface area contributed by atoms with Gasteiger partial charge in [0, 0.05) is 22.1 Å². The molecule has 2 aromatic rings. The first-order valence-electron chi connectivity index (χ1n) is 7.25. The highest BCUT2D eigenvalue weighted by Gasteiger charge is 2.22. The van der Waals surface area contributed by atoms with E-state index in [9.17, 15) is 9.59 Å². The Balaban J connectivity index is 2.37. The number of amides is 1. The number of rotatable bonds is 3. The summed E-state index contributed by atoms with van der Waals surface area (Å²) in [5.74, 6) is -0.341. The lowest BCUT2D eigenvalue weighted by Crippen LogP contribution is -2.27. The number of nitrogens with one attached hydrogen (secondary N) is 1. The summed E-state index contributed by atoms with van der Waals surface area (Å²) in [4.78, 5) is 23.9. The van der Waals surface area contributed by atoms with E-state index in [1.807, 2.05) is 20.8 Å². The molecule has 0 bridgehead atoms. The summed E-state index contributed by atoms with van der Waals surface area (Å²) in [6.45, 7) is 9.39. The molecule has 1 amide bonds. The fraction of sp³-hybridized carbons (Fsp3) is 0.412. The van der Waals surface area contributed by atoms with Crippen LogP contribution in [0.25, 0.3) is 11.0 Å². The SMILES string of the molecule is CCOC(=O)c1oc2ccc(NC(=O)C(C)(C)C)cc2c1C. The lowest BCUT2D eigenvalue weighted by molar-refractivity contribution is -0.123. The second-order valence-electron chi connectivity index (χ2n) is 6.19. The molecule has 1 N–H and O–H groups in total. The average molecular weight is 303 g/mol. The molecule has 5 nitrogen and oxygen atoms in total. The van der Waals surface area contributed by atoms with Gasteiger partial charge in [-0.1, -0.05) is 20.8 Å². The number of hydrogen-bond acceptors (Lipinski definition) is 4. The first kappa shape index (κ1) is 16.1. The Morgan fingerprint density at radius 2 is 1.95 bits per heavy atom. The molecule has 0 saturated heterocycles. The Hall–Kier alpha value is -2.30. The molecule has 0 aliphatic heterocycles. The smallest absolute Gasteiger partial charge is 0.374 e. The third-order valence-corrected chi connectivity index (χ3v) is 3.34. The second kappa shape index (κ2) is 5.83. The van der Waals surface area contributed by atoms with Crippen LogP contribution in [0.4, 0.5) is 5.69 Å². The molecule has 1 aromatic carbocycles. The topological polar surface area (TPSA) is 68.5 Å². The van der Waals surface area contributed by atoms with Gasteiger partial charge in [0.25, 0.3) is 0 Å². The van der Waals surface area contributed by atoms with Crippen LogP contribution in [0.2, 0.25) is 0 Å². The molecule has 0 aliphatic rings. The number of hydrogen-bond donors (Lipinski definition) is 1. The number of fused-ring (bicyclic) bond motifs is 1. The van der Waals surface area contributed by atoms with Gasteiger partial charge in [-0.2, -0.15) is 0 Å². The largest absolute Gasteiger partial charge is 0.460 e. The van der Waals surface area contributed by atoms with Gasteiger partial charge >= 0.3 is 5.97 Å². The zero-order valence-electron chi connectivity index (χ0n) is 13.6. The Bertz CT molecular complexity index is 722. The summed E-state index contributed by atoms with van der Waals surface area (Å²) in [7, 11) is 0. The van der Waals surface area contributed by atoms with Crippen molar-refractivity contribution in [1.82, 2.24) is 0 Å². The number of carbonyl (C=O) groups is 2. The van der Waals surface area contributed by atoms with E-state index < -0.39 is 11.4 Å². The molecule has 0 saturated carbocycles. The van der Waals surface area contributed by atoms with Crippen LogP contribution in [-0.4, -0.2) is 18.5 Å². The predicted octanol–water partition coefficient (Wildman–Crippen LogP) is 3.90. The highest BCUT2D eigenvalue weighted by atomic mass is 16.5.